The smallest absolute Gasteiger partial charge is 0.0408 e. The first kappa shape index (κ1) is 12.5. The second kappa shape index (κ2) is 4.84. The fraction of sp³-hybridized carbons (Fsp3) is 0.600. The van der Waals surface area contributed by atoms with Crippen molar-refractivity contribution < 1.29 is 0 Å². The van der Waals surface area contributed by atoms with Crippen LogP contribution in [-0.4, -0.2) is 24.0 Å². The lowest BCUT2D eigenvalue weighted by atomic mass is 9.92. The van der Waals surface area contributed by atoms with Crippen molar-refractivity contribution in [3.8, 4) is 0 Å². The molecule has 1 aliphatic heterocycles. The zero-order valence-corrected chi connectivity index (χ0v) is 11.7. The highest BCUT2D eigenvalue weighted by Crippen LogP contribution is 2.38. The average molecular weight is 265 g/mol. The van der Waals surface area contributed by atoms with Gasteiger partial charge in [0.25, 0.3) is 0 Å². The lowest BCUT2D eigenvalue weighted by molar-refractivity contribution is 0.116. The van der Waals surface area contributed by atoms with Crippen LogP contribution in [-0.2, 0) is 6.42 Å². The largest absolute Gasteiger partial charge is 0.327 e. The molecule has 3 unspecified atom stereocenters. The summed E-state index contributed by atoms with van der Waals surface area (Å²) in [5.74, 6) is 0.607. The number of fused-ring (bicyclic) bond motifs is 1. The highest BCUT2D eigenvalue weighted by molar-refractivity contribution is 6.30. The number of nitrogens with two attached hydrogens (primary N) is 1. The number of piperidine rings is 1. The van der Waals surface area contributed by atoms with E-state index >= 15 is 0 Å². The molecule has 1 aromatic carbocycles. The number of likely N-dealkylation sites (tertiary alicyclic amines) is 1. The molecule has 0 radical (unpaired) electrons. The zero-order valence-electron chi connectivity index (χ0n) is 10.9. The molecule has 2 nitrogen and oxygen atoms in total. The molecular formula is C15H21ClN2. The molecule has 1 aromatic rings. The molecule has 3 rings (SSSR count). The third-order valence-electron chi connectivity index (χ3n) is 4.59. The summed E-state index contributed by atoms with van der Waals surface area (Å²) in [7, 11) is 0. The van der Waals surface area contributed by atoms with Crippen LogP contribution in [0.2, 0.25) is 5.02 Å². The monoisotopic (exact) mass is 264 g/mol. The topological polar surface area (TPSA) is 29.3 Å². The van der Waals surface area contributed by atoms with E-state index in [4.69, 9.17) is 17.3 Å². The molecule has 2 N–H and O–H groups in total. The quantitative estimate of drug-likeness (QED) is 0.845. The number of aryl methyl sites for hydroxylation is 1. The second-order valence-corrected chi connectivity index (χ2v) is 6.26. The van der Waals surface area contributed by atoms with Crippen molar-refractivity contribution in [1.82, 2.24) is 4.90 Å². The number of benzene rings is 1. The predicted molar refractivity (Wildman–Crippen MR) is 75.8 cm³/mol. The van der Waals surface area contributed by atoms with Gasteiger partial charge in [-0.3, -0.25) is 4.90 Å². The van der Waals surface area contributed by atoms with Gasteiger partial charge in [0.1, 0.15) is 0 Å². The third-order valence-corrected chi connectivity index (χ3v) is 4.83. The first-order valence-electron chi connectivity index (χ1n) is 6.93. The number of rotatable bonds is 1. The van der Waals surface area contributed by atoms with E-state index < -0.39 is 0 Å². The van der Waals surface area contributed by atoms with Crippen molar-refractivity contribution in [2.24, 2.45) is 11.7 Å². The normalized spacial score (nSPS) is 32.5. The molecule has 3 heteroatoms. The molecule has 18 heavy (non-hydrogen) atoms. The molecule has 98 valence electrons. The number of hydrogen-bond donors (Lipinski definition) is 1. The van der Waals surface area contributed by atoms with Gasteiger partial charge in [-0.1, -0.05) is 24.6 Å². The Labute approximate surface area is 114 Å². The zero-order chi connectivity index (χ0) is 12.7. The molecule has 2 aliphatic rings. The Kier molecular flexibility index (Phi) is 3.35. The lowest BCUT2D eigenvalue weighted by Crippen LogP contribution is -2.46. The fourth-order valence-corrected chi connectivity index (χ4v) is 3.62. The van der Waals surface area contributed by atoms with Crippen LogP contribution in [0.25, 0.3) is 0 Å². The minimum atomic E-state index is 0.382. The summed E-state index contributed by atoms with van der Waals surface area (Å²) in [4.78, 5) is 2.62. The van der Waals surface area contributed by atoms with E-state index in [0.29, 0.717) is 18.0 Å². The van der Waals surface area contributed by atoms with Crippen molar-refractivity contribution in [2.75, 3.05) is 13.1 Å². The number of halogens is 1. The Bertz CT molecular complexity index is 446. The molecule has 0 spiro atoms. The van der Waals surface area contributed by atoms with Gasteiger partial charge in [0.05, 0.1) is 0 Å². The van der Waals surface area contributed by atoms with Gasteiger partial charge in [0, 0.05) is 30.2 Å². The summed E-state index contributed by atoms with van der Waals surface area (Å²) in [5, 5.41) is 0.864. The summed E-state index contributed by atoms with van der Waals surface area (Å²) in [6.45, 7) is 4.54. The van der Waals surface area contributed by atoms with Crippen molar-refractivity contribution >= 4 is 11.6 Å². The van der Waals surface area contributed by atoms with Gasteiger partial charge in [0.15, 0.2) is 0 Å². The van der Waals surface area contributed by atoms with E-state index in [1.807, 2.05) is 6.07 Å². The fourth-order valence-electron chi connectivity index (χ4n) is 3.42. The summed E-state index contributed by atoms with van der Waals surface area (Å²) in [6.07, 6.45) is 3.52. The Morgan fingerprint density at radius 1 is 1.33 bits per heavy atom. The number of nitrogens with zero attached hydrogens (tertiary/aromatic N) is 1. The van der Waals surface area contributed by atoms with Crippen molar-refractivity contribution in [1.29, 1.82) is 0 Å². The molecule has 1 fully saturated rings. The van der Waals surface area contributed by atoms with E-state index in [1.165, 1.54) is 17.5 Å². The summed E-state index contributed by atoms with van der Waals surface area (Å²) in [5.41, 5.74) is 9.04. The maximum absolute atomic E-state index is 6.11. The van der Waals surface area contributed by atoms with Gasteiger partial charge in [-0.25, -0.2) is 0 Å². The predicted octanol–water partition coefficient (Wildman–Crippen LogP) is 3.00. The Morgan fingerprint density at radius 2 is 2.17 bits per heavy atom. The standard InChI is InChI=1S/C15H21ClN2/c1-10-9-18(7-6-14(10)17)15-5-2-11-8-12(16)3-4-13(11)15/h3-4,8,10,14-15H,2,5-7,9,17H2,1H3. The minimum absolute atomic E-state index is 0.382. The highest BCUT2D eigenvalue weighted by Gasteiger charge is 2.32. The van der Waals surface area contributed by atoms with Crippen molar-refractivity contribution in [2.45, 2.75) is 38.3 Å². The number of hydrogen-bond acceptors (Lipinski definition) is 2. The van der Waals surface area contributed by atoms with E-state index in [9.17, 15) is 0 Å². The maximum Gasteiger partial charge on any atom is 0.0408 e. The Balaban J connectivity index is 1.80. The average Bonchev–Trinajstić information content (AvgIpc) is 2.75. The van der Waals surface area contributed by atoms with Gasteiger partial charge in [-0.05, 0) is 48.4 Å². The van der Waals surface area contributed by atoms with Gasteiger partial charge in [-0.2, -0.15) is 0 Å². The molecule has 0 amide bonds. The first-order chi connectivity index (χ1) is 8.65. The van der Waals surface area contributed by atoms with Crippen molar-refractivity contribution in [3.63, 3.8) is 0 Å². The molecule has 1 heterocycles. The Morgan fingerprint density at radius 3 is 2.94 bits per heavy atom. The van der Waals surface area contributed by atoms with Gasteiger partial charge >= 0.3 is 0 Å². The van der Waals surface area contributed by atoms with Crippen LogP contribution >= 0.6 is 11.6 Å². The van der Waals surface area contributed by atoms with Crippen LogP contribution < -0.4 is 5.73 Å². The van der Waals surface area contributed by atoms with E-state index in [-0.39, 0.29) is 0 Å². The van der Waals surface area contributed by atoms with Crippen LogP contribution in [0.3, 0.4) is 0 Å². The van der Waals surface area contributed by atoms with Gasteiger partial charge < -0.3 is 5.73 Å². The SMILES string of the molecule is CC1CN(C2CCc3cc(Cl)ccc32)CCC1N. The van der Waals surface area contributed by atoms with Gasteiger partial charge in [0.2, 0.25) is 0 Å². The van der Waals surface area contributed by atoms with E-state index in [1.54, 1.807) is 0 Å². The third kappa shape index (κ3) is 2.18. The van der Waals surface area contributed by atoms with Crippen LogP contribution in [0, 0.1) is 5.92 Å². The summed E-state index contributed by atoms with van der Waals surface area (Å²) >= 11 is 6.07. The molecule has 3 atom stereocenters. The van der Waals surface area contributed by atoms with E-state index in [2.05, 4.69) is 24.0 Å². The second-order valence-electron chi connectivity index (χ2n) is 5.82. The Hall–Kier alpha value is -0.570. The molecule has 0 saturated carbocycles. The highest BCUT2D eigenvalue weighted by atomic mass is 35.5. The summed E-state index contributed by atoms with van der Waals surface area (Å²) < 4.78 is 0. The van der Waals surface area contributed by atoms with Crippen LogP contribution in [0.1, 0.15) is 36.9 Å². The molecule has 0 bridgehead atoms. The molecular weight excluding hydrogens is 244 g/mol. The van der Waals surface area contributed by atoms with E-state index in [0.717, 1.165) is 31.0 Å². The first-order valence-corrected chi connectivity index (χ1v) is 7.31. The molecule has 0 aromatic heterocycles. The van der Waals surface area contributed by atoms with Crippen LogP contribution in [0.5, 0.6) is 0 Å². The minimum Gasteiger partial charge on any atom is -0.327 e. The van der Waals surface area contributed by atoms with Gasteiger partial charge in [-0.15, -0.1) is 0 Å². The lowest BCUT2D eigenvalue weighted by Gasteiger charge is -2.39. The summed E-state index contributed by atoms with van der Waals surface area (Å²) in [6, 6.07) is 7.35. The molecule has 1 aliphatic carbocycles. The van der Waals surface area contributed by atoms with Crippen LogP contribution in [0.15, 0.2) is 18.2 Å². The maximum atomic E-state index is 6.11. The van der Waals surface area contributed by atoms with Crippen molar-refractivity contribution in [3.05, 3.63) is 34.3 Å². The molecule has 1 saturated heterocycles. The van der Waals surface area contributed by atoms with Crippen LogP contribution in [0.4, 0.5) is 0 Å².